The zero-order valence-electron chi connectivity index (χ0n) is 71.2. The van der Waals surface area contributed by atoms with Gasteiger partial charge in [-0.05, 0) is 232 Å². The molecule has 2 fully saturated rings. The van der Waals surface area contributed by atoms with Gasteiger partial charge in [0, 0.05) is 139 Å². The van der Waals surface area contributed by atoms with E-state index < -0.39 is 0 Å². The highest BCUT2D eigenvalue weighted by atomic mass is 79.9. The highest BCUT2D eigenvalue weighted by molar-refractivity contribution is 9.10. The number of hydrogen-bond acceptors (Lipinski definition) is 10. The topological polar surface area (TPSA) is 129 Å². The van der Waals surface area contributed by atoms with Crippen LogP contribution in [-0.4, -0.2) is 84.3 Å². The van der Waals surface area contributed by atoms with Gasteiger partial charge in [-0.15, -0.1) is 0 Å². The van der Waals surface area contributed by atoms with Crippen molar-refractivity contribution in [1.29, 1.82) is 0 Å². The van der Waals surface area contributed by atoms with Crippen LogP contribution < -0.4 is 10.9 Å². The normalized spacial score (nSPS) is 14.3. The lowest BCUT2D eigenvalue weighted by molar-refractivity contribution is 0.365. The minimum Gasteiger partial charge on any atom is -0.405 e. The van der Waals surface area contributed by atoms with Gasteiger partial charge in [0.25, 0.3) is 0 Å². The summed E-state index contributed by atoms with van der Waals surface area (Å²) in [5, 5.41) is 6.74. The van der Waals surface area contributed by atoms with Gasteiger partial charge in [0.2, 0.25) is 0 Å². The van der Waals surface area contributed by atoms with E-state index >= 15 is 0 Å². The summed E-state index contributed by atoms with van der Waals surface area (Å²) >= 11 is 3.56. The molecule has 0 N–H and O–H groups in total. The molecule has 2 aliphatic heterocycles. The van der Waals surface area contributed by atoms with Crippen molar-refractivity contribution in [2.75, 3.05) is 26.4 Å². The Bertz CT molecular complexity index is 5990. The molecule has 0 atom stereocenters. The first kappa shape index (κ1) is 81.3. The summed E-state index contributed by atoms with van der Waals surface area (Å²) in [4.78, 5) is 26.3. The SMILES string of the molecule is CCCCCCC1(CCCCCC)c2cc(-c3ccc(-n4c5ccncc5c5cnccc54)cc3C)ccc2-c2ccc(-c3ccc(-n4c5ccncc5c5cnccc54)cc3C)cc21.CCCCCCC1(CCCCCC)c2cc(B3OCCO3)ccc2-c2ccc(B3OCCO3)cc21.Cc1cc(-n2c3ccncc3c3cnccc32)ccc1Br. The van der Waals surface area contributed by atoms with Gasteiger partial charge in [0.1, 0.15) is 0 Å². The smallest absolute Gasteiger partial charge is 0.405 e. The molecular formula is C105H108B2BrN9O4. The Morgan fingerprint density at radius 1 is 0.298 bits per heavy atom. The van der Waals surface area contributed by atoms with Gasteiger partial charge in [0.15, 0.2) is 0 Å². The van der Waals surface area contributed by atoms with Crippen LogP contribution in [0.25, 0.3) is 127 Å². The van der Waals surface area contributed by atoms with Crippen molar-refractivity contribution in [3.63, 3.8) is 0 Å². The molecule has 0 saturated carbocycles. The Kier molecular flexibility index (Phi) is 24.3. The number of aromatic nitrogens is 9. The van der Waals surface area contributed by atoms with Crippen molar-refractivity contribution >= 4 is 107 Å². The first-order valence-electron chi connectivity index (χ1n) is 44.6. The summed E-state index contributed by atoms with van der Waals surface area (Å²) in [6.07, 6.45) is 47.8. The van der Waals surface area contributed by atoms with Crippen molar-refractivity contribution in [2.45, 2.75) is 188 Å². The number of nitrogens with zero attached hydrogens (tertiary/aromatic N) is 9. The van der Waals surface area contributed by atoms with E-state index in [1.54, 1.807) is 0 Å². The maximum Gasteiger partial charge on any atom is 0.494 e. The number of unbranched alkanes of at least 4 members (excludes halogenated alkanes) is 12. The van der Waals surface area contributed by atoms with E-state index in [1.807, 2.05) is 86.5 Å². The van der Waals surface area contributed by atoms with Crippen molar-refractivity contribution in [3.8, 4) is 61.6 Å². The van der Waals surface area contributed by atoms with Crippen LogP contribution in [0.2, 0.25) is 0 Å². The lowest BCUT2D eigenvalue weighted by Crippen LogP contribution is -2.35. The molecule has 0 unspecified atom stereocenters. The zero-order chi connectivity index (χ0) is 82.6. The highest BCUT2D eigenvalue weighted by Gasteiger charge is 2.46. The molecule has 121 heavy (non-hydrogen) atoms. The van der Waals surface area contributed by atoms with Crippen LogP contribution in [0.1, 0.15) is 195 Å². The molecule has 0 amide bonds. The summed E-state index contributed by atoms with van der Waals surface area (Å²) in [6.45, 7) is 18.6. The number of hydrogen-bond donors (Lipinski definition) is 0. The first-order valence-corrected chi connectivity index (χ1v) is 45.4. The Morgan fingerprint density at radius 3 is 0.860 bits per heavy atom. The molecule has 2 saturated heterocycles. The summed E-state index contributed by atoms with van der Waals surface area (Å²) in [5.74, 6) is 0. The van der Waals surface area contributed by atoms with Crippen LogP contribution in [0.5, 0.6) is 0 Å². The van der Waals surface area contributed by atoms with Crippen LogP contribution in [-0.2, 0) is 29.4 Å². The molecule has 0 radical (unpaired) electrons. The largest absolute Gasteiger partial charge is 0.494 e. The average Bonchev–Trinajstić information content (AvgIpc) is 1.56. The molecular weight excluding hydrogens is 1550 g/mol. The van der Waals surface area contributed by atoms with E-state index in [0.29, 0.717) is 26.4 Å². The molecule has 11 heterocycles. The fourth-order valence-corrected chi connectivity index (χ4v) is 20.7. The van der Waals surface area contributed by atoms with Crippen molar-refractivity contribution in [3.05, 3.63) is 282 Å². The van der Waals surface area contributed by atoms with Gasteiger partial charge in [-0.3, -0.25) is 29.9 Å². The minimum atomic E-state index is -0.238. The second kappa shape index (κ2) is 36.1. The van der Waals surface area contributed by atoms with E-state index in [9.17, 15) is 0 Å². The van der Waals surface area contributed by atoms with E-state index in [4.69, 9.17) is 18.6 Å². The first-order chi connectivity index (χ1) is 59.5. The molecule has 16 aromatic rings. The van der Waals surface area contributed by atoms with Crippen LogP contribution in [0.3, 0.4) is 0 Å². The molecule has 16 heteroatoms. The quantitative estimate of drug-likeness (QED) is 0.0362. The predicted molar refractivity (Wildman–Crippen MR) is 504 cm³/mol. The fourth-order valence-electron chi connectivity index (χ4n) is 20.4. The van der Waals surface area contributed by atoms with Crippen molar-refractivity contribution in [2.24, 2.45) is 0 Å². The third kappa shape index (κ3) is 15.6. The minimum absolute atomic E-state index is 0.0232. The maximum atomic E-state index is 5.90. The van der Waals surface area contributed by atoms with E-state index in [1.165, 1.54) is 199 Å². The average molecular weight is 1660 g/mol. The maximum absolute atomic E-state index is 5.90. The number of halogens is 1. The fraction of sp³-hybridized carbons (Fsp3) is 0.314. The third-order valence-corrected chi connectivity index (χ3v) is 27.3. The van der Waals surface area contributed by atoms with E-state index in [-0.39, 0.29) is 25.1 Å². The molecule has 4 aliphatic rings. The van der Waals surface area contributed by atoms with Crippen molar-refractivity contribution < 1.29 is 18.6 Å². The van der Waals surface area contributed by atoms with Crippen LogP contribution in [0, 0.1) is 20.8 Å². The Labute approximate surface area is 721 Å². The lowest BCUT2D eigenvalue weighted by Gasteiger charge is -2.33. The highest BCUT2D eigenvalue weighted by Crippen LogP contribution is 2.58. The van der Waals surface area contributed by atoms with E-state index in [0.717, 1.165) is 111 Å². The molecule has 20 rings (SSSR count). The van der Waals surface area contributed by atoms with Crippen LogP contribution in [0.4, 0.5) is 0 Å². The van der Waals surface area contributed by atoms with Gasteiger partial charge in [-0.25, -0.2) is 0 Å². The number of aryl methyl sites for hydroxylation is 3. The van der Waals surface area contributed by atoms with Crippen molar-refractivity contribution in [1.82, 2.24) is 43.6 Å². The Hall–Kier alpha value is -10.7. The molecule has 0 spiro atoms. The van der Waals surface area contributed by atoms with Crippen LogP contribution >= 0.6 is 15.9 Å². The number of benzene rings is 7. The van der Waals surface area contributed by atoms with Gasteiger partial charge in [-0.1, -0.05) is 219 Å². The second-order valence-electron chi connectivity index (χ2n) is 34.0. The Balaban J connectivity index is 0.000000148. The number of rotatable bonds is 27. The second-order valence-corrected chi connectivity index (χ2v) is 34.8. The molecule has 7 aromatic carbocycles. The summed E-state index contributed by atoms with van der Waals surface area (Å²) in [5.41, 5.74) is 33.1. The molecule has 13 nitrogen and oxygen atoms in total. The van der Waals surface area contributed by atoms with Gasteiger partial charge in [-0.2, -0.15) is 0 Å². The third-order valence-electron chi connectivity index (χ3n) is 26.4. The Morgan fingerprint density at radius 2 is 0.570 bits per heavy atom. The van der Waals surface area contributed by atoms with Crippen LogP contribution in [0.15, 0.2) is 243 Å². The molecule has 0 bridgehead atoms. The summed E-state index contributed by atoms with van der Waals surface area (Å²) in [6, 6.07) is 61.6. The van der Waals surface area contributed by atoms with Gasteiger partial charge < -0.3 is 32.3 Å². The molecule has 9 aromatic heterocycles. The van der Waals surface area contributed by atoms with Gasteiger partial charge >= 0.3 is 14.2 Å². The summed E-state index contributed by atoms with van der Waals surface area (Å²) < 4.78 is 31.7. The van der Waals surface area contributed by atoms with E-state index in [2.05, 4.69) is 260 Å². The van der Waals surface area contributed by atoms with Gasteiger partial charge in [0.05, 0.1) is 59.5 Å². The summed E-state index contributed by atoms with van der Waals surface area (Å²) in [7, 11) is -0.476. The molecule has 2 aliphatic carbocycles. The lowest BCUT2D eigenvalue weighted by atomic mass is 9.67. The standard InChI is InChI=1S/C59H56N6.C29H40B2O4.C17H12BrN3/c1-5-7-9-11-25-59(26-12-10-8-6-2)53-33-41(45-19-15-43(31-39(45)3)64-55-21-27-60-35-49(55)50-36-61-28-22-56(50)64)13-17-47(53)48-18-14-42(34-54(48)59)46-20-16-44(32-40(46)4)65-57-23-29-62-37-51(57)52-38-63-30-24-58(52)65;1-3-5-7-9-15-29(16-10-8-6-4-2)27-21-23(30-32-17-18-33-30)11-13-25(27)26-14-12-24(22-28(26)29)31-34-19-20-35-31;1-11-8-12(2-3-15(11)18)21-16-4-6-19-9-13(16)14-10-20-7-5-17(14)21/h13-24,27-38H,5-12,25-26H2,1-4H3;11-14,21-22H,3-10,15-20H2,1-2H3;2-10H,1H3. The number of fused-ring (bicyclic) bond motifs is 15. The molecule has 610 valence electrons. The zero-order valence-corrected chi connectivity index (χ0v) is 72.8. The predicted octanol–water partition coefficient (Wildman–Crippen LogP) is 25.6. The monoisotopic (exact) mass is 1660 g/mol. The number of pyridine rings is 6.